The van der Waals surface area contributed by atoms with Crippen molar-refractivity contribution in [3.05, 3.63) is 35.9 Å². The average molecular weight is 391 g/mol. The Morgan fingerprint density at radius 3 is 2.46 bits per heavy atom. The number of amides is 1. The third kappa shape index (κ3) is 6.60. The molecule has 0 saturated carbocycles. The topological polar surface area (TPSA) is 76.7 Å². The van der Waals surface area contributed by atoms with Gasteiger partial charge in [-0.25, -0.2) is 4.79 Å². The highest BCUT2D eigenvalue weighted by Gasteiger charge is 2.35. The number of methoxy groups -OCH3 is 1. The Hall–Kier alpha value is -1.92. The zero-order chi connectivity index (χ0) is 20.7. The molecule has 4 atom stereocenters. The van der Waals surface area contributed by atoms with Gasteiger partial charge in [0.1, 0.15) is 11.6 Å². The highest BCUT2D eigenvalue weighted by Crippen LogP contribution is 2.20. The van der Waals surface area contributed by atoms with Crippen LogP contribution in [0, 0.1) is 5.92 Å². The number of carbonyl (C=O) groups excluding carboxylic acids is 2. The predicted molar refractivity (Wildman–Crippen MR) is 109 cm³/mol. The van der Waals surface area contributed by atoms with Gasteiger partial charge >= 0.3 is 5.97 Å². The summed E-state index contributed by atoms with van der Waals surface area (Å²) in [5, 5.41) is 6.30. The lowest BCUT2D eigenvalue weighted by Crippen LogP contribution is -2.51. The zero-order valence-corrected chi connectivity index (χ0v) is 17.7. The van der Waals surface area contributed by atoms with Gasteiger partial charge in [0.25, 0.3) is 0 Å². The molecule has 6 nitrogen and oxygen atoms in total. The average Bonchev–Trinajstić information content (AvgIpc) is 3.15. The van der Waals surface area contributed by atoms with Crippen molar-refractivity contribution >= 4 is 11.9 Å². The van der Waals surface area contributed by atoms with Gasteiger partial charge < -0.3 is 20.1 Å². The molecule has 2 N–H and O–H groups in total. The molecule has 0 radical (unpaired) electrons. The lowest BCUT2D eigenvalue weighted by molar-refractivity contribution is -0.159. The predicted octanol–water partition coefficient (Wildman–Crippen LogP) is 2.46. The standard InChI is InChI=1S/C22H34N2O4/c1-15(19(27-5)17-12-9-13-23-17)20(25)24-18(21(26)28-22(2,3)4)14-16-10-7-6-8-11-16/h6-8,10-11,15,17-19,23H,9,12-14H2,1-5H3,(H,24,25)/t15-,17+,18+,19-/m1/s1. The summed E-state index contributed by atoms with van der Waals surface area (Å²) < 4.78 is 11.2. The highest BCUT2D eigenvalue weighted by atomic mass is 16.6. The second-order valence-corrected chi connectivity index (χ2v) is 8.48. The summed E-state index contributed by atoms with van der Waals surface area (Å²) in [5.74, 6) is -1.02. The highest BCUT2D eigenvalue weighted by molar-refractivity contribution is 5.86. The van der Waals surface area contributed by atoms with Gasteiger partial charge in [0.15, 0.2) is 0 Å². The van der Waals surface area contributed by atoms with Crippen LogP contribution in [0.25, 0.3) is 0 Å². The molecule has 1 aromatic carbocycles. The molecule has 6 heteroatoms. The molecule has 1 heterocycles. The minimum Gasteiger partial charge on any atom is -0.458 e. The van der Waals surface area contributed by atoms with Crippen molar-refractivity contribution in [2.45, 2.75) is 70.7 Å². The first-order chi connectivity index (χ1) is 13.2. The first-order valence-corrected chi connectivity index (χ1v) is 10.0. The maximum atomic E-state index is 12.9. The fourth-order valence-corrected chi connectivity index (χ4v) is 3.58. The van der Waals surface area contributed by atoms with Gasteiger partial charge in [0.2, 0.25) is 5.91 Å². The quantitative estimate of drug-likeness (QED) is 0.667. The van der Waals surface area contributed by atoms with Gasteiger partial charge in [-0.2, -0.15) is 0 Å². The summed E-state index contributed by atoms with van der Waals surface area (Å²) in [7, 11) is 1.63. The van der Waals surface area contributed by atoms with Gasteiger partial charge in [-0.3, -0.25) is 4.79 Å². The fraction of sp³-hybridized carbons (Fsp3) is 0.636. The maximum absolute atomic E-state index is 12.9. The number of hydrogen-bond donors (Lipinski definition) is 2. The molecule has 1 aromatic rings. The molecule has 28 heavy (non-hydrogen) atoms. The largest absolute Gasteiger partial charge is 0.458 e. The Bertz CT molecular complexity index is 636. The molecule has 0 spiro atoms. The van der Waals surface area contributed by atoms with E-state index in [-0.39, 0.29) is 24.0 Å². The summed E-state index contributed by atoms with van der Waals surface area (Å²) in [6.45, 7) is 8.25. The van der Waals surface area contributed by atoms with Crippen LogP contribution in [-0.4, -0.2) is 49.3 Å². The Morgan fingerprint density at radius 1 is 1.25 bits per heavy atom. The van der Waals surface area contributed by atoms with Gasteiger partial charge in [-0.15, -0.1) is 0 Å². The van der Waals surface area contributed by atoms with Crippen molar-refractivity contribution in [1.82, 2.24) is 10.6 Å². The minimum absolute atomic E-state index is 0.153. The molecule has 0 bridgehead atoms. The number of hydrogen-bond acceptors (Lipinski definition) is 5. The molecule has 0 aliphatic carbocycles. The summed E-state index contributed by atoms with van der Waals surface area (Å²) in [4.78, 5) is 25.7. The van der Waals surface area contributed by atoms with E-state index in [0.717, 1.165) is 24.9 Å². The van der Waals surface area contributed by atoms with Gasteiger partial charge in [-0.1, -0.05) is 37.3 Å². The molecule has 1 saturated heterocycles. The van der Waals surface area contributed by atoms with Crippen LogP contribution in [0.4, 0.5) is 0 Å². The Kier molecular flexibility index (Phi) is 8.01. The second kappa shape index (κ2) is 10.0. The lowest BCUT2D eigenvalue weighted by atomic mass is 9.95. The normalized spacial score (nSPS) is 20.2. The summed E-state index contributed by atoms with van der Waals surface area (Å²) in [5.41, 5.74) is 0.345. The van der Waals surface area contributed by atoms with E-state index in [1.165, 1.54) is 0 Å². The molecule has 0 unspecified atom stereocenters. The Balaban J connectivity index is 2.10. The van der Waals surface area contributed by atoms with Crippen molar-refractivity contribution in [1.29, 1.82) is 0 Å². The van der Waals surface area contributed by atoms with Crippen molar-refractivity contribution in [3.63, 3.8) is 0 Å². The van der Waals surface area contributed by atoms with Crippen LogP contribution < -0.4 is 10.6 Å². The van der Waals surface area contributed by atoms with Crippen LogP contribution in [0.5, 0.6) is 0 Å². The van der Waals surface area contributed by atoms with Crippen LogP contribution >= 0.6 is 0 Å². The zero-order valence-electron chi connectivity index (χ0n) is 17.7. The van der Waals surface area contributed by atoms with E-state index in [1.807, 2.05) is 58.0 Å². The summed E-state index contributed by atoms with van der Waals surface area (Å²) in [6.07, 6.45) is 2.20. The molecule has 1 fully saturated rings. The Labute approximate surface area is 168 Å². The monoisotopic (exact) mass is 390 g/mol. The van der Waals surface area contributed by atoms with Gasteiger partial charge in [0.05, 0.1) is 12.0 Å². The molecular weight excluding hydrogens is 356 g/mol. The second-order valence-electron chi connectivity index (χ2n) is 8.48. The minimum atomic E-state index is -0.745. The van der Waals surface area contributed by atoms with Crippen LogP contribution in [0.3, 0.4) is 0 Å². The molecule has 156 valence electrons. The van der Waals surface area contributed by atoms with E-state index < -0.39 is 17.6 Å². The van der Waals surface area contributed by atoms with Crippen LogP contribution in [0.2, 0.25) is 0 Å². The smallest absolute Gasteiger partial charge is 0.329 e. The van der Waals surface area contributed by atoms with Crippen molar-refractivity contribution in [2.24, 2.45) is 5.92 Å². The molecular formula is C22H34N2O4. The molecule has 1 aliphatic rings. The van der Waals surface area contributed by atoms with E-state index in [0.29, 0.717) is 6.42 Å². The molecule has 1 aliphatic heterocycles. The van der Waals surface area contributed by atoms with E-state index in [9.17, 15) is 9.59 Å². The number of esters is 1. The van der Waals surface area contributed by atoms with Crippen molar-refractivity contribution < 1.29 is 19.1 Å². The van der Waals surface area contributed by atoms with Crippen molar-refractivity contribution in [3.8, 4) is 0 Å². The summed E-state index contributed by atoms with van der Waals surface area (Å²) in [6, 6.07) is 9.04. The van der Waals surface area contributed by atoms with Crippen LogP contribution in [0.1, 0.15) is 46.1 Å². The molecule has 1 amide bonds. The Morgan fingerprint density at radius 2 is 1.93 bits per heavy atom. The van der Waals surface area contributed by atoms with Gasteiger partial charge in [-0.05, 0) is 45.7 Å². The van der Waals surface area contributed by atoms with E-state index in [2.05, 4.69) is 10.6 Å². The SMILES string of the molecule is CO[C@@H]([C@@H]1CCCN1)[C@@H](C)C(=O)N[C@@H](Cc1ccccc1)C(=O)OC(C)(C)C. The number of ether oxygens (including phenoxy) is 2. The number of nitrogens with one attached hydrogen (secondary N) is 2. The van der Waals surface area contributed by atoms with Crippen molar-refractivity contribution in [2.75, 3.05) is 13.7 Å². The van der Waals surface area contributed by atoms with Crippen LogP contribution in [-0.2, 0) is 25.5 Å². The van der Waals surface area contributed by atoms with Gasteiger partial charge in [0, 0.05) is 19.6 Å². The van der Waals surface area contributed by atoms with E-state index >= 15 is 0 Å². The number of carbonyl (C=O) groups is 2. The lowest BCUT2D eigenvalue weighted by Gasteiger charge is -2.29. The number of rotatable bonds is 8. The molecule has 0 aromatic heterocycles. The fourth-order valence-electron chi connectivity index (χ4n) is 3.58. The first kappa shape index (κ1) is 22.4. The summed E-state index contributed by atoms with van der Waals surface area (Å²) >= 11 is 0. The third-order valence-electron chi connectivity index (χ3n) is 4.96. The third-order valence-corrected chi connectivity index (χ3v) is 4.96. The molecule has 2 rings (SSSR count). The van der Waals surface area contributed by atoms with Crippen LogP contribution in [0.15, 0.2) is 30.3 Å². The number of benzene rings is 1. The first-order valence-electron chi connectivity index (χ1n) is 10.0. The van der Waals surface area contributed by atoms with E-state index in [1.54, 1.807) is 7.11 Å². The van der Waals surface area contributed by atoms with E-state index in [4.69, 9.17) is 9.47 Å². The maximum Gasteiger partial charge on any atom is 0.329 e.